The molecule has 17 heavy (non-hydrogen) atoms. The second kappa shape index (κ2) is 4.60. The van der Waals surface area contributed by atoms with Gasteiger partial charge in [-0.25, -0.2) is 8.42 Å². The molecule has 0 saturated carbocycles. The Morgan fingerprint density at radius 3 is 2.35 bits per heavy atom. The Kier molecular flexibility index (Phi) is 3.76. The molecule has 1 heterocycles. The van der Waals surface area contributed by atoms with Gasteiger partial charge in [0.25, 0.3) is 0 Å². The summed E-state index contributed by atoms with van der Waals surface area (Å²) in [6, 6.07) is 0. The summed E-state index contributed by atoms with van der Waals surface area (Å²) in [6.45, 7) is 6.16. The number of hydrogen-bond donors (Lipinski definition) is 0. The van der Waals surface area contributed by atoms with Crippen molar-refractivity contribution in [2.75, 3.05) is 12.0 Å². The van der Waals surface area contributed by atoms with Gasteiger partial charge in [0.1, 0.15) is 9.84 Å². The fraction of sp³-hybridized carbons (Fsp3) is 0.636. The third kappa shape index (κ3) is 3.96. The highest BCUT2D eigenvalue weighted by Gasteiger charge is 2.22. The standard InChI is InChI=1S/C11H18N2O3S/c1-11(2,3)10-9(8-14)7-13(12-10)5-6-17(4,15)16/h7-8H,5-6H2,1-4H3. The van der Waals surface area contributed by atoms with Gasteiger partial charge < -0.3 is 0 Å². The number of carbonyl (C=O) groups excluding carboxylic acids is 1. The average Bonchev–Trinajstić information content (AvgIpc) is 2.56. The number of sulfone groups is 1. The van der Waals surface area contributed by atoms with E-state index >= 15 is 0 Å². The average molecular weight is 258 g/mol. The normalized spacial score (nSPS) is 12.7. The minimum atomic E-state index is -3.02. The zero-order chi connectivity index (χ0) is 13.3. The Hall–Kier alpha value is -1.17. The van der Waals surface area contributed by atoms with E-state index in [1.54, 1.807) is 6.20 Å². The zero-order valence-corrected chi connectivity index (χ0v) is 11.4. The number of hydrogen-bond acceptors (Lipinski definition) is 4. The Bertz CT molecular complexity index is 509. The Balaban J connectivity index is 2.98. The van der Waals surface area contributed by atoms with Gasteiger partial charge in [0.2, 0.25) is 0 Å². The maximum atomic E-state index is 11.1. The van der Waals surface area contributed by atoms with Crippen LogP contribution < -0.4 is 0 Å². The molecule has 5 nitrogen and oxygen atoms in total. The van der Waals surface area contributed by atoms with Crippen LogP contribution in [0, 0.1) is 0 Å². The van der Waals surface area contributed by atoms with E-state index in [1.165, 1.54) is 10.9 Å². The van der Waals surface area contributed by atoms with Crippen LogP contribution in [0.5, 0.6) is 0 Å². The molecule has 0 unspecified atom stereocenters. The van der Waals surface area contributed by atoms with Crippen LogP contribution in [0.2, 0.25) is 0 Å². The first-order valence-electron chi connectivity index (χ1n) is 5.34. The van der Waals surface area contributed by atoms with Gasteiger partial charge in [0.15, 0.2) is 6.29 Å². The molecule has 0 spiro atoms. The first kappa shape index (κ1) is 13.9. The number of aryl methyl sites for hydroxylation is 1. The van der Waals surface area contributed by atoms with Crippen molar-refractivity contribution in [1.29, 1.82) is 0 Å². The summed E-state index contributed by atoms with van der Waals surface area (Å²) in [5.41, 5.74) is 0.985. The van der Waals surface area contributed by atoms with Crippen LogP contribution >= 0.6 is 0 Å². The van der Waals surface area contributed by atoms with Crippen LogP contribution in [0.3, 0.4) is 0 Å². The van der Waals surface area contributed by atoms with Crippen molar-refractivity contribution in [3.63, 3.8) is 0 Å². The molecule has 6 heteroatoms. The third-order valence-electron chi connectivity index (χ3n) is 2.32. The van der Waals surface area contributed by atoms with Crippen LogP contribution in [0.25, 0.3) is 0 Å². The van der Waals surface area contributed by atoms with Crippen LogP contribution in [-0.2, 0) is 21.8 Å². The lowest BCUT2D eigenvalue weighted by molar-refractivity contribution is 0.112. The Labute approximate surface area is 102 Å². The summed E-state index contributed by atoms with van der Waals surface area (Å²) in [4.78, 5) is 10.9. The molecule has 0 radical (unpaired) electrons. The predicted octanol–water partition coefficient (Wildman–Crippen LogP) is 1.04. The molecule has 1 aromatic rings. The van der Waals surface area contributed by atoms with Crippen LogP contribution in [-0.4, -0.2) is 36.5 Å². The maximum Gasteiger partial charge on any atom is 0.153 e. The summed E-state index contributed by atoms with van der Waals surface area (Å²) in [5.74, 6) is 0.0244. The van der Waals surface area contributed by atoms with Crippen LogP contribution in [0.4, 0.5) is 0 Å². The topological polar surface area (TPSA) is 69.0 Å². The van der Waals surface area contributed by atoms with Gasteiger partial charge in [-0.3, -0.25) is 9.48 Å². The quantitative estimate of drug-likeness (QED) is 0.757. The van der Waals surface area contributed by atoms with E-state index < -0.39 is 9.84 Å². The molecular formula is C11H18N2O3S. The predicted molar refractivity (Wildman–Crippen MR) is 66.0 cm³/mol. The number of carbonyl (C=O) groups is 1. The van der Waals surface area contributed by atoms with Gasteiger partial charge in [-0.05, 0) is 0 Å². The molecule has 0 N–H and O–H groups in total. The molecule has 0 aliphatic heterocycles. The van der Waals surface area contributed by atoms with Gasteiger partial charge in [0.05, 0.1) is 23.6 Å². The van der Waals surface area contributed by atoms with E-state index in [2.05, 4.69) is 5.10 Å². The molecule has 0 saturated heterocycles. The highest BCUT2D eigenvalue weighted by molar-refractivity contribution is 7.90. The fourth-order valence-electron chi connectivity index (χ4n) is 1.48. The molecule has 0 atom stereocenters. The van der Waals surface area contributed by atoms with E-state index in [1.807, 2.05) is 20.8 Å². The SMILES string of the molecule is CC(C)(C)c1nn(CCS(C)(=O)=O)cc1C=O. The molecular weight excluding hydrogens is 240 g/mol. The van der Waals surface area contributed by atoms with Gasteiger partial charge >= 0.3 is 0 Å². The maximum absolute atomic E-state index is 11.1. The number of aromatic nitrogens is 2. The van der Waals surface area contributed by atoms with Gasteiger partial charge in [-0.1, -0.05) is 20.8 Å². The Morgan fingerprint density at radius 2 is 2.00 bits per heavy atom. The lowest BCUT2D eigenvalue weighted by Gasteiger charge is -2.15. The van der Waals surface area contributed by atoms with Crippen molar-refractivity contribution in [1.82, 2.24) is 9.78 Å². The van der Waals surface area contributed by atoms with Gasteiger partial charge in [-0.15, -0.1) is 0 Å². The van der Waals surface area contributed by atoms with Crippen LogP contribution in [0.1, 0.15) is 36.8 Å². The lowest BCUT2D eigenvalue weighted by atomic mass is 9.90. The zero-order valence-electron chi connectivity index (χ0n) is 10.6. The molecule has 1 aromatic heterocycles. The highest BCUT2D eigenvalue weighted by Crippen LogP contribution is 2.23. The number of nitrogens with zero attached hydrogens (tertiary/aromatic N) is 2. The van der Waals surface area contributed by atoms with E-state index in [0.717, 1.165) is 6.29 Å². The third-order valence-corrected chi connectivity index (χ3v) is 3.24. The van der Waals surface area contributed by atoms with E-state index in [0.29, 0.717) is 11.3 Å². The van der Waals surface area contributed by atoms with Crippen molar-refractivity contribution in [3.8, 4) is 0 Å². The van der Waals surface area contributed by atoms with Crippen LogP contribution in [0.15, 0.2) is 6.20 Å². The second-order valence-electron chi connectivity index (χ2n) is 5.19. The molecule has 1 rings (SSSR count). The van der Waals surface area contributed by atoms with E-state index in [9.17, 15) is 13.2 Å². The van der Waals surface area contributed by atoms with Gasteiger partial charge in [-0.2, -0.15) is 5.10 Å². The van der Waals surface area contributed by atoms with Crippen molar-refractivity contribution in [2.24, 2.45) is 0 Å². The number of aldehydes is 1. The summed E-state index contributed by atoms with van der Waals surface area (Å²) >= 11 is 0. The molecule has 0 aliphatic carbocycles. The first-order chi connectivity index (χ1) is 7.63. The molecule has 0 bridgehead atoms. The summed E-state index contributed by atoms with van der Waals surface area (Å²) in [6.07, 6.45) is 3.53. The molecule has 0 amide bonds. The molecule has 0 fully saturated rings. The van der Waals surface area contributed by atoms with Gasteiger partial charge in [0, 0.05) is 17.9 Å². The highest BCUT2D eigenvalue weighted by atomic mass is 32.2. The van der Waals surface area contributed by atoms with E-state index in [-0.39, 0.29) is 17.7 Å². The smallest absolute Gasteiger partial charge is 0.153 e. The minimum absolute atomic E-state index is 0.0244. The van der Waals surface area contributed by atoms with Crippen molar-refractivity contribution in [3.05, 3.63) is 17.5 Å². The van der Waals surface area contributed by atoms with E-state index in [4.69, 9.17) is 0 Å². The van der Waals surface area contributed by atoms with Crippen molar-refractivity contribution < 1.29 is 13.2 Å². The Morgan fingerprint density at radius 1 is 1.41 bits per heavy atom. The monoisotopic (exact) mass is 258 g/mol. The van der Waals surface area contributed by atoms with Crippen molar-refractivity contribution in [2.45, 2.75) is 32.7 Å². The van der Waals surface area contributed by atoms with Crippen molar-refractivity contribution >= 4 is 16.1 Å². The fourth-order valence-corrected chi connectivity index (χ4v) is 2.00. The lowest BCUT2D eigenvalue weighted by Crippen LogP contribution is -2.16. The summed E-state index contributed by atoms with van der Waals surface area (Å²) < 4.78 is 23.6. The summed E-state index contributed by atoms with van der Waals surface area (Å²) in [5, 5.41) is 4.28. The first-order valence-corrected chi connectivity index (χ1v) is 7.40. The number of rotatable bonds is 4. The minimum Gasteiger partial charge on any atom is -0.298 e. The molecule has 96 valence electrons. The second-order valence-corrected chi connectivity index (χ2v) is 7.45. The molecule has 0 aliphatic rings. The largest absolute Gasteiger partial charge is 0.298 e. The molecule has 0 aromatic carbocycles. The summed E-state index contributed by atoms with van der Waals surface area (Å²) in [7, 11) is -3.02.